The lowest BCUT2D eigenvalue weighted by atomic mass is 9.73. The summed E-state index contributed by atoms with van der Waals surface area (Å²) < 4.78 is 44.4. The summed E-state index contributed by atoms with van der Waals surface area (Å²) in [5, 5.41) is 0. The summed E-state index contributed by atoms with van der Waals surface area (Å²) in [6.45, 7) is 5.49. The number of likely N-dealkylation sites (tertiary alicyclic amines) is 1. The van der Waals surface area contributed by atoms with Crippen LogP contribution in [0.4, 0.5) is 13.2 Å². The van der Waals surface area contributed by atoms with E-state index in [4.69, 9.17) is 4.74 Å². The van der Waals surface area contributed by atoms with E-state index in [1.807, 2.05) is 0 Å². The number of nitrogens with zero attached hydrogens (tertiary/aromatic N) is 1. The minimum absolute atomic E-state index is 0.157. The second-order valence-corrected chi connectivity index (χ2v) is 8.91. The summed E-state index contributed by atoms with van der Waals surface area (Å²) in [6.07, 6.45) is 0.824. The van der Waals surface area contributed by atoms with Gasteiger partial charge in [-0.15, -0.1) is 0 Å². The zero-order valence-electron chi connectivity index (χ0n) is 18.3. The van der Waals surface area contributed by atoms with Gasteiger partial charge in [0.2, 0.25) is 0 Å². The van der Waals surface area contributed by atoms with Gasteiger partial charge in [0.05, 0.1) is 16.6 Å². The first-order valence-electron chi connectivity index (χ1n) is 11.0. The molecule has 2 aliphatic rings. The van der Waals surface area contributed by atoms with Crippen molar-refractivity contribution < 1.29 is 22.7 Å². The van der Waals surface area contributed by atoms with E-state index in [-0.39, 0.29) is 5.60 Å². The average molecular weight is 444 g/mol. The second-order valence-electron chi connectivity index (χ2n) is 8.91. The van der Waals surface area contributed by atoms with Gasteiger partial charge in [0.15, 0.2) is 0 Å². The SMILES string of the molecule is C=C(c1ccc(C2(OC)CCC2)cc1)N1CCC(C=O)(c2ccc(C(F)(F)F)cc2)CC1. The third-order valence-corrected chi connectivity index (χ3v) is 7.35. The molecule has 0 amide bonds. The number of carbonyl (C=O) groups is 1. The van der Waals surface area contributed by atoms with Crippen LogP contribution in [-0.2, 0) is 26.7 Å². The van der Waals surface area contributed by atoms with Crippen molar-refractivity contribution in [2.45, 2.75) is 49.3 Å². The molecule has 0 radical (unpaired) electrons. The molecule has 2 fully saturated rings. The predicted molar refractivity (Wildman–Crippen MR) is 118 cm³/mol. The lowest BCUT2D eigenvalue weighted by Gasteiger charge is -2.41. The Morgan fingerprint density at radius 2 is 1.53 bits per heavy atom. The first-order valence-corrected chi connectivity index (χ1v) is 11.0. The number of rotatable bonds is 6. The van der Waals surface area contributed by atoms with Crippen LogP contribution in [0.15, 0.2) is 55.1 Å². The monoisotopic (exact) mass is 443 g/mol. The number of aldehydes is 1. The highest BCUT2D eigenvalue weighted by Gasteiger charge is 2.39. The van der Waals surface area contributed by atoms with E-state index in [1.54, 1.807) is 7.11 Å². The van der Waals surface area contributed by atoms with Crippen LogP contribution >= 0.6 is 0 Å². The second kappa shape index (κ2) is 8.39. The third-order valence-electron chi connectivity index (χ3n) is 7.35. The summed E-state index contributed by atoms with van der Waals surface area (Å²) in [6, 6.07) is 13.3. The lowest BCUT2D eigenvalue weighted by Crippen LogP contribution is -2.42. The van der Waals surface area contributed by atoms with Gasteiger partial charge in [-0.25, -0.2) is 0 Å². The fraction of sp³-hybridized carbons (Fsp3) is 0.423. The van der Waals surface area contributed by atoms with Crippen LogP contribution in [0.3, 0.4) is 0 Å². The maximum Gasteiger partial charge on any atom is 0.416 e. The van der Waals surface area contributed by atoms with Crippen molar-refractivity contribution in [2.75, 3.05) is 20.2 Å². The maximum atomic E-state index is 12.9. The minimum Gasteiger partial charge on any atom is -0.374 e. The molecule has 2 aromatic carbocycles. The highest BCUT2D eigenvalue weighted by molar-refractivity contribution is 5.70. The molecule has 1 saturated heterocycles. The van der Waals surface area contributed by atoms with Crippen molar-refractivity contribution in [3.05, 3.63) is 77.4 Å². The largest absolute Gasteiger partial charge is 0.416 e. The molecule has 4 rings (SSSR count). The molecule has 170 valence electrons. The maximum absolute atomic E-state index is 12.9. The van der Waals surface area contributed by atoms with Gasteiger partial charge in [-0.05, 0) is 60.9 Å². The zero-order chi connectivity index (χ0) is 23.0. The minimum atomic E-state index is -4.38. The molecule has 1 aliphatic heterocycles. The molecule has 1 heterocycles. The number of alkyl halides is 3. The topological polar surface area (TPSA) is 29.5 Å². The number of halogens is 3. The quantitative estimate of drug-likeness (QED) is 0.518. The zero-order valence-corrected chi connectivity index (χ0v) is 18.3. The van der Waals surface area contributed by atoms with Crippen LogP contribution in [0.5, 0.6) is 0 Å². The highest BCUT2D eigenvalue weighted by Crippen LogP contribution is 2.44. The highest BCUT2D eigenvalue weighted by atomic mass is 19.4. The Labute approximate surface area is 186 Å². The average Bonchev–Trinajstić information content (AvgIpc) is 2.78. The van der Waals surface area contributed by atoms with Crippen LogP contribution in [0.1, 0.15) is 54.4 Å². The molecule has 0 bridgehead atoms. The van der Waals surface area contributed by atoms with Gasteiger partial charge in [-0.3, -0.25) is 0 Å². The summed E-state index contributed by atoms with van der Waals surface area (Å²) >= 11 is 0. The van der Waals surface area contributed by atoms with E-state index in [0.29, 0.717) is 31.5 Å². The van der Waals surface area contributed by atoms with Crippen LogP contribution in [0.2, 0.25) is 0 Å². The van der Waals surface area contributed by atoms with E-state index in [9.17, 15) is 18.0 Å². The van der Waals surface area contributed by atoms with Crippen molar-refractivity contribution in [1.29, 1.82) is 0 Å². The number of hydrogen-bond donors (Lipinski definition) is 0. The number of ether oxygens (including phenoxy) is 1. The Morgan fingerprint density at radius 3 is 1.97 bits per heavy atom. The van der Waals surface area contributed by atoms with Gasteiger partial charge in [0, 0.05) is 25.9 Å². The van der Waals surface area contributed by atoms with E-state index in [1.165, 1.54) is 24.1 Å². The normalized spacial score (nSPS) is 19.8. The van der Waals surface area contributed by atoms with Gasteiger partial charge in [0.25, 0.3) is 0 Å². The van der Waals surface area contributed by atoms with E-state index in [2.05, 4.69) is 35.7 Å². The fourth-order valence-corrected chi connectivity index (χ4v) is 4.90. The molecule has 0 spiro atoms. The molecule has 2 aromatic rings. The fourth-order valence-electron chi connectivity index (χ4n) is 4.90. The number of benzene rings is 2. The molecule has 0 atom stereocenters. The molecule has 6 heteroatoms. The first kappa shape index (κ1) is 22.6. The first-order chi connectivity index (χ1) is 15.2. The lowest BCUT2D eigenvalue weighted by molar-refractivity contribution is -0.137. The molecule has 0 unspecified atom stereocenters. The number of methoxy groups -OCH3 is 1. The number of hydrogen-bond acceptors (Lipinski definition) is 3. The summed E-state index contributed by atoms with van der Waals surface area (Å²) in [5.74, 6) is 0. The Kier molecular flexibility index (Phi) is 5.93. The van der Waals surface area contributed by atoms with Crippen molar-refractivity contribution in [3.63, 3.8) is 0 Å². The Hall–Kier alpha value is -2.60. The summed E-state index contributed by atoms with van der Waals surface area (Å²) in [4.78, 5) is 14.2. The smallest absolute Gasteiger partial charge is 0.374 e. The predicted octanol–water partition coefficient (Wildman–Crippen LogP) is 5.93. The Morgan fingerprint density at radius 1 is 0.969 bits per heavy atom. The number of carbonyl (C=O) groups excluding carboxylic acids is 1. The van der Waals surface area contributed by atoms with Crippen LogP contribution in [-0.4, -0.2) is 31.4 Å². The van der Waals surface area contributed by atoms with E-state index < -0.39 is 17.2 Å². The molecule has 0 N–H and O–H groups in total. The van der Waals surface area contributed by atoms with Crippen molar-refractivity contribution in [2.24, 2.45) is 0 Å². The molecule has 3 nitrogen and oxygen atoms in total. The third kappa shape index (κ3) is 3.96. The molecule has 32 heavy (non-hydrogen) atoms. The van der Waals surface area contributed by atoms with Gasteiger partial charge < -0.3 is 14.4 Å². The molecule has 1 aliphatic carbocycles. The van der Waals surface area contributed by atoms with Crippen LogP contribution < -0.4 is 0 Å². The molecular weight excluding hydrogens is 415 g/mol. The van der Waals surface area contributed by atoms with Crippen LogP contribution in [0, 0.1) is 0 Å². The van der Waals surface area contributed by atoms with Crippen molar-refractivity contribution >= 4 is 12.0 Å². The summed E-state index contributed by atoms with van der Waals surface area (Å²) in [5.41, 5.74) is 2.12. The van der Waals surface area contributed by atoms with Gasteiger partial charge >= 0.3 is 6.18 Å². The molecule has 1 saturated carbocycles. The van der Waals surface area contributed by atoms with Crippen molar-refractivity contribution in [1.82, 2.24) is 4.90 Å². The molecular formula is C26H28F3NO2. The number of piperidine rings is 1. The van der Waals surface area contributed by atoms with E-state index in [0.717, 1.165) is 42.5 Å². The Bertz CT molecular complexity index is 962. The van der Waals surface area contributed by atoms with Gasteiger partial charge in [-0.1, -0.05) is 43.0 Å². The summed E-state index contributed by atoms with van der Waals surface area (Å²) in [7, 11) is 1.76. The van der Waals surface area contributed by atoms with E-state index >= 15 is 0 Å². The standard InChI is InChI=1S/C26H28F3NO2/c1-19(20-4-6-22(7-5-20)25(32-2)12-3-13-25)30-16-14-24(18-31,15-17-30)21-8-10-23(11-9-21)26(27,28)29/h4-11,18H,1,3,12-17H2,2H3. The molecule has 0 aromatic heterocycles. The van der Waals surface area contributed by atoms with Crippen molar-refractivity contribution in [3.8, 4) is 0 Å². The van der Waals surface area contributed by atoms with Gasteiger partial charge in [0.1, 0.15) is 6.29 Å². The van der Waals surface area contributed by atoms with Crippen LogP contribution in [0.25, 0.3) is 5.70 Å². The Balaban J connectivity index is 1.44. The van der Waals surface area contributed by atoms with Gasteiger partial charge in [-0.2, -0.15) is 13.2 Å².